The van der Waals surface area contributed by atoms with Gasteiger partial charge in [-0.25, -0.2) is 4.98 Å². The van der Waals surface area contributed by atoms with Crippen molar-refractivity contribution in [2.75, 3.05) is 33.3 Å². The Labute approximate surface area is 186 Å². The third kappa shape index (κ3) is 5.14. The van der Waals surface area contributed by atoms with Crippen molar-refractivity contribution in [1.82, 2.24) is 19.9 Å². The molecule has 1 aliphatic heterocycles. The van der Waals surface area contributed by atoms with Crippen molar-refractivity contribution < 1.29 is 14.1 Å². The van der Waals surface area contributed by atoms with Gasteiger partial charge in [0.1, 0.15) is 16.5 Å². The molecule has 0 spiro atoms. The normalized spacial score (nSPS) is 14.7. The van der Waals surface area contributed by atoms with Crippen LogP contribution in [-0.4, -0.2) is 59.1 Å². The van der Waals surface area contributed by atoms with Gasteiger partial charge in [-0.15, -0.1) is 11.3 Å². The van der Waals surface area contributed by atoms with Gasteiger partial charge in [-0.1, -0.05) is 5.16 Å². The number of rotatable bonds is 7. The SMILES string of the molecule is COc1ccc(-c2csc(CN3CCN(C(=O)CCc4c(C)noc4C)CC3)n2)cc1. The minimum atomic E-state index is 0.204. The molecule has 31 heavy (non-hydrogen) atoms. The number of ether oxygens (including phenoxy) is 1. The number of carbonyl (C=O) groups is 1. The lowest BCUT2D eigenvalue weighted by Crippen LogP contribution is -2.48. The fourth-order valence-electron chi connectivity index (χ4n) is 3.87. The summed E-state index contributed by atoms with van der Waals surface area (Å²) in [6, 6.07) is 7.97. The molecular formula is C23H28N4O3S. The van der Waals surface area contributed by atoms with Crippen LogP contribution in [0.5, 0.6) is 5.75 Å². The number of carbonyl (C=O) groups excluding carboxylic acids is 1. The molecule has 0 aliphatic carbocycles. The van der Waals surface area contributed by atoms with Gasteiger partial charge in [-0.3, -0.25) is 9.69 Å². The second-order valence-corrected chi connectivity index (χ2v) is 8.76. The molecule has 3 aromatic rings. The second kappa shape index (κ2) is 9.62. The summed E-state index contributed by atoms with van der Waals surface area (Å²) in [5.74, 6) is 1.86. The number of benzene rings is 1. The van der Waals surface area contributed by atoms with E-state index < -0.39 is 0 Å². The first-order chi connectivity index (χ1) is 15.0. The predicted molar refractivity (Wildman–Crippen MR) is 120 cm³/mol. The summed E-state index contributed by atoms with van der Waals surface area (Å²) in [6.07, 6.45) is 1.19. The first kappa shape index (κ1) is 21.5. The van der Waals surface area contributed by atoms with Crippen molar-refractivity contribution in [3.8, 4) is 17.0 Å². The molecule has 4 rings (SSSR count). The van der Waals surface area contributed by atoms with Gasteiger partial charge in [0, 0.05) is 49.1 Å². The molecule has 0 bridgehead atoms. The first-order valence-electron chi connectivity index (χ1n) is 10.5. The predicted octanol–water partition coefficient (Wildman–Crippen LogP) is 3.70. The molecule has 1 fully saturated rings. The molecule has 1 saturated heterocycles. The largest absolute Gasteiger partial charge is 0.497 e. The molecule has 0 N–H and O–H groups in total. The van der Waals surface area contributed by atoms with Crippen LogP contribution in [0.15, 0.2) is 34.2 Å². The zero-order chi connectivity index (χ0) is 21.8. The van der Waals surface area contributed by atoms with Crippen LogP contribution in [0.25, 0.3) is 11.3 Å². The molecule has 1 aliphatic rings. The average molecular weight is 441 g/mol. The standard InChI is InChI=1S/C23H28N4O3S/c1-16-20(17(2)30-25-16)8-9-23(28)27-12-10-26(11-13-27)14-22-24-21(15-31-22)18-4-6-19(29-3)7-5-18/h4-7,15H,8-14H2,1-3H3. The second-order valence-electron chi connectivity index (χ2n) is 7.81. The molecule has 2 aromatic heterocycles. The van der Waals surface area contributed by atoms with Crippen molar-refractivity contribution in [2.24, 2.45) is 0 Å². The molecule has 7 nitrogen and oxygen atoms in total. The van der Waals surface area contributed by atoms with Crippen molar-refractivity contribution in [3.05, 3.63) is 51.7 Å². The number of aryl methyl sites for hydroxylation is 2. The number of piperazine rings is 1. The molecule has 0 atom stereocenters. The Morgan fingerprint density at radius 1 is 1.16 bits per heavy atom. The third-order valence-electron chi connectivity index (χ3n) is 5.79. The Bertz CT molecular complexity index is 1000. The highest BCUT2D eigenvalue weighted by Gasteiger charge is 2.22. The van der Waals surface area contributed by atoms with E-state index in [1.165, 1.54) is 0 Å². The van der Waals surface area contributed by atoms with Crippen molar-refractivity contribution in [1.29, 1.82) is 0 Å². The van der Waals surface area contributed by atoms with Gasteiger partial charge in [-0.05, 0) is 44.5 Å². The maximum Gasteiger partial charge on any atom is 0.222 e. The summed E-state index contributed by atoms with van der Waals surface area (Å²) in [5, 5.41) is 7.17. The van der Waals surface area contributed by atoms with E-state index in [0.717, 1.165) is 71.8 Å². The summed E-state index contributed by atoms with van der Waals surface area (Å²) in [5.41, 5.74) is 4.03. The molecular weight excluding hydrogens is 412 g/mol. The zero-order valence-electron chi connectivity index (χ0n) is 18.3. The van der Waals surface area contributed by atoms with E-state index in [2.05, 4.69) is 15.4 Å². The summed E-state index contributed by atoms with van der Waals surface area (Å²) in [4.78, 5) is 21.8. The van der Waals surface area contributed by atoms with Crippen LogP contribution in [0, 0.1) is 13.8 Å². The Kier molecular flexibility index (Phi) is 6.67. The number of amides is 1. The van der Waals surface area contributed by atoms with Crippen LogP contribution in [0.3, 0.4) is 0 Å². The van der Waals surface area contributed by atoms with Crippen molar-refractivity contribution >= 4 is 17.2 Å². The van der Waals surface area contributed by atoms with Gasteiger partial charge in [0.05, 0.1) is 25.0 Å². The quantitative estimate of drug-likeness (QED) is 0.558. The van der Waals surface area contributed by atoms with E-state index in [1.54, 1.807) is 18.4 Å². The first-order valence-corrected chi connectivity index (χ1v) is 11.4. The summed E-state index contributed by atoms with van der Waals surface area (Å²) in [7, 11) is 1.67. The summed E-state index contributed by atoms with van der Waals surface area (Å²) < 4.78 is 10.4. The van der Waals surface area contributed by atoms with E-state index in [1.807, 2.05) is 43.0 Å². The number of aromatic nitrogens is 2. The molecule has 8 heteroatoms. The van der Waals surface area contributed by atoms with Crippen LogP contribution in [0.4, 0.5) is 0 Å². The lowest BCUT2D eigenvalue weighted by atomic mass is 10.1. The zero-order valence-corrected chi connectivity index (χ0v) is 19.1. The minimum absolute atomic E-state index is 0.204. The monoisotopic (exact) mass is 440 g/mol. The van der Waals surface area contributed by atoms with E-state index >= 15 is 0 Å². The van der Waals surface area contributed by atoms with Crippen LogP contribution >= 0.6 is 11.3 Å². The van der Waals surface area contributed by atoms with Crippen molar-refractivity contribution in [3.63, 3.8) is 0 Å². The van der Waals surface area contributed by atoms with Gasteiger partial charge in [0.15, 0.2) is 0 Å². The van der Waals surface area contributed by atoms with E-state index in [4.69, 9.17) is 14.2 Å². The number of hydrogen-bond donors (Lipinski definition) is 0. The van der Waals surface area contributed by atoms with Gasteiger partial charge in [0.25, 0.3) is 0 Å². The highest BCUT2D eigenvalue weighted by atomic mass is 32.1. The lowest BCUT2D eigenvalue weighted by Gasteiger charge is -2.34. The maximum absolute atomic E-state index is 12.6. The van der Waals surface area contributed by atoms with E-state index in [0.29, 0.717) is 12.8 Å². The molecule has 164 valence electrons. The number of nitrogens with zero attached hydrogens (tertiary/aromatic N) is 4. The highest BCUT2D eigenvalue weighted by molar-refractivity contribution is 7.09. The Balaban J connectivity index is 1.25. The van der Waals surface area contributed by atoms with E-state index in [-0.39, 0.29) is 5.91 Å². The van der Waals surface area contributed by atoms with Crippen molar-refractivity contribution in [2.45, 2.75) is 33.2 Å². The minimum Gasteiger partial charge on any atom is -0.497 e. The number of hydrogen-bond acceptors (Lipinski definition) is 7. The van der Waals surface area contributed by atoms with Crippen LogP contribution in [-0.2, 0) is 17.8 Å². The average Bonchev–Trinajstić information content (AvgIpc) is 3.39. The fraction of sp³-hybridized carbons (Fsp3) is 0.435. The Morgan fingerprint density at radius 2 is 1.90 bits per heavy atom. The van der Waals surface area contributed by atoms with Crippen LogP contribution in [0.2, 0.25) is 0 Å². The fourth-order valence-corrected chi connectivity index (χ4v) is 4.72. The van der Waals surface area contributed by atoms with Crippen LogP contribution < -0.4 is 4.74 Å². The van der Waals surface area contributed by atoms with E-state index in [9.17, 15) is 4.79 Å². The van der Waals surface area contributed by atoms with Crippen LogP contribution in [0.1, 0.15) is 28.4 Å². The Hall–Kier alpha value is -2.71. The third-order valence-corrected chi connectivity index (χ3v) is 6.63. The van der Waals surface area contributed by atoms with Gasteiger partial charge in [0.2, 0.25) is 5.91 Å². The van der Waals surface area contributed by atoms with Gasteiger partial charge in [-0.2, -0.15) is 0 Å². The molecule has 0 unspecified atom stereocenters. The molecule has 3 heterocycles. The van der Waals surface area contributed by atoms with Gasteiger partial charge < -0.3 is 14.2 Å². The maximum atomic E-state index is 12.6. The molecule has 1 amide bonds. The number of thiazole rings is 1. The molecule has 0 radical (unpaired) electrons. The highest BCUT2D eigenvalue weighted by Crippen LogP contribution is 2.25. The topological polar surface area (TPSA) is 71.7 Å². The Morgan fingerprint density at radius 3 is 2.55 bits per heavy atom. The molecule has 0 saturated carbocycles. The smallest absolute Gasteiger partial charge is 0.222 e. The van der Waals surface area contributed by atoms with Gasteiger partial charge >= 0.3 is 0 Å². The molecule has 1 aromatic carbocycles. The summed E-state index contributed by atoms with van der Waals surface area (Å²) >= 11 is 1.68. The summed E-state index contributed by atoms with van der Waals surface area (Å²) in [6.45, 7) is 7.91. The number of methoxy groups -OCH3 is 1. The lowest BCUT2D eigenvalue weighted by molar-refractivity contribution is -0.133.